The molecule has 7 nitrogen and oxygen atoms in total. The van der Waals surface area contributed by atoms with Crippen molar-refractivity contribution in [2.24, 2.45) is 5.41 Å². The van der Waals surface area contributed by atoms with Crippen LogP contribution >= 0.6 is 0 Å². The minimum atomic E-state index is -1.10. The van der Waals surface area contributed by atoms with E-state index in [2.05, 4.69) is 15.3 Å². The van der Waals surface area contributed by atoms with Crippen molar-refractivity contribution >= 4 is 17.6 Å². The lowest BCUT2D eigenvalue weighted by atomic mass is 9.89. The lowest BCUT2D eigenvalue weighted by Crippen LogP contribution is -2.29. The summed E-state index contributed by atoms with van der Waals surface area (Å²) in [7, 11) is 0. The lowest BCUT2D eigenvalue weighted by Gasteiger charge is -2.18. The normalized spacial score (nSPS) is 11.1. The van der Waals surface area contributed by atoms with E-state index in [-0.39, 0.29) is 12.3 Å². The summed E-state index contributed by atoms with van der Waals surface area (Å²) < 4.78 is 1.74. The average Bonchev–Trinajstić information content (AvgIpc) is 2.92. The lowest BCUT2D eigenvalue weighted by molar-refractivity contribution is -0.148. The van der Waals surface area contributed by atoms with Gasteiger partial charge in [-0.2, -0.15) is 0 Å². The van der Waals surface area contributed by atoms with Crippen molar-refractivity contribution in [1.29, 1.82) is 0 Å². The molecule has 110 valence electrons. The third-order valence-corrected chi connectivity index (χ3v) is 2.98. The van der Waals surface area contributed by atoms with Crippen molar-refractivity contribution in [2.45, 2.75) is 20.3 Å². The summed E-state index contributed by atoms with van der Waals surface area (Å²) in [6.07, 6.45) is 6.43. The highest BCUT2D eigenvalue weighted by Gasteiger charge is 2.30. The Morgan fingerprint density at radius 2 is 2.14 bits per heavy atom. The quantitative estimate of drug-likeness (QED) is 0.872. The van der Waals surface area contributed by atoms with Crippen LogP contribution in [0.5, 0.6) is 0 Å². The number of anilines is 1. The van der Waals surface area contributed by atoms with Crippen LogP contribution in [0.1, 0.15) is 20.3 Å². The maximum atomic E-state index is 11.8. The number of rotatable bonds is 5. The Balaban J connectivity index is 2.01. The number of hydrogen-bond donors (Lipinski definition) is 2. The molecule has 0 aliphatic rings. The van der Waals surface area contributed by atoms with Crippen molar-refractivity contribution < 1.29 is 14.7 Å². The first-order valence-electron chi connectivity index (χ1n) is 6.36. The first kappa shape index (κ1) is 14.7. The average molecular weight is 288 g/mol. The number of carboxylic acid groups (broad SMARTS) is 1. The molecule has 0 atom stereocenters. The first-order valence-corrected chi connectivity index (χ1v) is 6.36. The van der Waals surface area contributed by atoms with Gasteiger partial charge in [-0.25, -0.2) is 9.97 Å². The number of imidazole rings is 1. The van der Waals surface area contributed by atoms with E-state index in [1.165, 1.54) is 20.0 Å². The summed E-state index contributed by atoms with van der Waals surface area (Å²) in [5.41, 5.74) is -0.584. The Hall–Kier alpha value is -2.70. The molecule has 0 fully saturated rings. The fourth-order valence-electron chi connectivity index (χ4n) is 1.69. The summed E-state index contributed by atoms with van der Waals surface area (Å²) in [4.78, 5) is 30.9. The van der Waals surface area contributed by atoms with E-state index in [4.69, 9.17) is 5.11 Å². The van der Waals surface area contributed by atoms with Crippen molar-refractivity contribution in [3.63, 3.8) is 0 Å². The van der Waals surface area contributed by atoms with Crippen LogP contribution in [0, 0.1) is 5.41 Å². The van der Waals surface area contributed by atoms with Crippen molar-refractivity contribution in [2.75, 3.05) is 5.32 Å². The second-order valence-corrected chi connectivity index (χ2v) is 5.29. The molecule has 0 bridgehead atoms. The molecule has 7 heteroatoms. The minimum Gasteiger partial charge on any atom is -0.481 e. The van der Waals surface area contributed by atoms with Gasteiger partial charge in [0.15, 0.2) is 0 Å². The Labute approximate surface area is 121 Å². The van der Waals surface area contributed by atoms with Gasteiger partial charge < -0.3 is 10.4 Å². The molecular formula is C14H16N4O3. The number of aliphatic carboxylic acids is 1. The zero-order chi connectivity index (χ0) is 15.5. The molecule has 0 aliphatic carbocycles. The van der Waals surface area contributed by atoms with E-state index >= 15 is 0 Å². The monoisotopic (exact) mass is 288 g/mol. The molecular weight excluding hydrogens is 272 g/mol. The Morgan fingerprint density at radius 1 is 1.38 bits per heavy atom. The fourth-order valence-corrected chi connectivity index (χ4v) is 1.69. The zero-order valence-electron chi connectivity index (χ0n) is 11.8. The number of carbonyl (C=O) groups excluding carboxylic acids is 1. The molecule has 2 aromatic heterocycles. The number of pyridine rings is 1. The standard InChI is InChI=1S/C14H16N4O3/c1-14(2,13(20)21)7-12(19)17-10-3-4-11(16-8-10)18-6-5-15-9-18/h3-6,8-9H,7H2,1-2H3,(H,17,19)(H,20,21). The van der Waals surface area contributed by atoms with Gasteiger partial charge in [-0.3, -0.25) is 14.2 Å². The number of nitrogens with one attached hydrogen (secondary N) is 1. The number of carboxylic acids is 1. The predicted octanol–water partition coefficient (Wildman–Crippen LogP) is 1.71. The van der Waals surface area contributed by atoms with Gasteiger partial charge in [0.05, 0.1) is 17.3 Å². The van der Waals surface area contributed by atoms with E-state index in [0.717, 1.165) is 0 Å². The van der Waals surface area contributed by atoms with Gasteiger partial charge in [-0.05, 0) is 26.0 Å². The van der Waals surface area contributed by atoms with Crippen molar-refractivity contribution in [3.8, 4) is 5.82 Å². The van der Waals surface area contributed by atoms with Gasteiger partial charge in [0.25, 0.3) is 0 Å². The van der Waals surface area contributed by atoms with Crippen LogP contribution in [0.3, 0.4) is 0 Å². The molecule has 1 amide bonds. The molecule has 0 radical (unpaired) electrons. The Kier molecular flexibility index (Phi) is 4.02. The second kappa shape index (κ2) is 5.74. The van der Waals surface area contributed by atoms with Crippen molar-refractivity contribution in [3.05, 3.63) is 37.1 Å². The van der Waals surface area contributed by atoms with Gasteiger partial charge in [-0.1, -0.05) is 0 Å². The summed E-state index contributed by atoms with van der Waals surface area (Å²) in [5.74, 6) is -0.692. The molecule has 21 heavy (non-hydrogen) atoms. The number of aromatic nitrogens is 3. The van der Waals surface area contributed by atoms with Gasteiger partial charge in [-0.15, -0.1) is 0 Å². The van der Waals surface area contributed by atoms with Crippen LogP contribution < -0.4 is 5.32 Å². The van der Waals surface area contributed by atoms with E-state index in [1.54, 1.807) is 35.4 Å². The molecule has 0 aliphatic heterocycles. The van der Waals surface area contributed by atoms with Crippen LogP contribution in [-0.2, 0) is 9.59 Å². The van der Waals surface area contributed by atoms with Crippen LogP contribution in [0.4, 0.5) is 5.69 Å². The molecule has 2 heterocycles. The summed E-state index contributed by atoms with van der Waals surface area (Å²) in [6.45, 7) is 3.02. The molecule has 0 spiro atoms. The summed E-state index contributed by atoms with van der Waals surface area (Å²) >= 11 is 0. The molecule has 0 saturated heterocycles. The number of amides is 1. The van der Waals surface area contributed by atoms with Crippen LogP contribution in [0.25, 0.3) is 5.82 Å². The number of nitrogens with zero attached hydrogens (tertiary/aromatic N) is 3. The fraction of sp³-hybridized carbons (Fsp3) is 0.286. The summed E-state index contributed by atoms with van der Waals surface area (Å²) in [6, 6.07) is 3.44. The van der Waals surface area contributed by atoms with Gasteiger partial charge in [0.2, 0.25) is 5.91 Å². The minimum absolute atomic E-state index is 0.106. The highest BCUT2D eigenvalue weighted by atomic mass is 16.4. The van der Waals surface area contributed by atoms with Crippen LogP contribution in [0.15, 0.2) is 37.1 Å². The molecule has 0 saturated carbocycles. The Bertz CT molecular complexity index is 633. The van der Waals surface area contributed by atoms with Crippen LogP contribution in [-0.4, -0.2) is 31.5 Å². The van der Waals surface area contributed by atoms with E-state index in [1.807, 2.05) is 0 Å². The van der Waals surface area contributed by atoms with Crippen molar-refractivity contribution in [1.82, 2.24) is 14.5 Å². The predicted molar refractivity (Wildman–Crippen MR) is 76.0 cm³/mol. The third kappa shape index (κ3) is 3.65. The number of carbonyl (C=O) groups is 2. The zero-order valence-corrected chi connectivity index (χ0v) is 11.8. The molecule has 2 aromatic rings. The summed E-state index contributed by atoms with van der Waals surface area (Å²) in [5, 5.41) is 11.6. The van der Waals surface area contributed by atoms with Gasteiger partial charge in [0.1, 0.15) is 12.1 Å². The first-order chi connectivity index (χ1) is 9.88. The maximum absolute atomic E-state index is 11.8. The molecule has 0 aromatic carbocycles. The second-order valence-electron chi connectivity index (χ2n) is 5.29. The number of hydrogen-bond acceptors (Lipinski definition) is 4. The maximum Gasteiger partial charge on any atom is 0.309 e. The molecule has 2 N–H and O–H groups in total. The van der Waals surface area contributed by atoms with Gasteiger partial charge >= 0.3 is 5.97 Å². The van der Waals surface area contributed by atoms with E-state index in [0.29, 0.717) is 11.5 Å². The SMILES string of the molecule is CC(C)(CC(=O)Nc1ccc(-n2ccnc2)nc1)C(=O)O. The van der Waals surface area contributed by atoms with E-state index < -0.39 is 11.4 Å². The van der Waals surface area contributed by atoms with Crippen LogP contribution in [0.2, 0.25) is 0 Å². The highest BCUT2D eigenvalue weighted by molar-refractivity contribution is 5.93. The topological polar surface area (TPSA) is 97.1 Å². The molecule has 2 rings (SSSR count). The van der Waals surface area contributed by atoms with Gasteiger partial charge in [0, 0.05) is 18.8 Å². The Morgan fingerprint density at radius 3 is 2.67 bits per heavy atom. The largest absolute Gasteiger partial charge is 0.481 e. The highest BCUT2D eigenvalue weighted by Crippen LogP contribution is 2.21. The third-order valence-electron chi connectivity index (χ3n) is 2.98. The molecule has 0 unspecified atom stereocenters. The van der Waals surface area contributed by atoms with E-state index in [9.17, 15) is 9.59 Å². The smallest absolute Gasteiger partial charge is 0.309 e.